The highest BCUT2D eigenvalue weighted by Gasteiger charge is 2.21. The number of rotatable bonds is 6. The molecule has 5 nitrogen and oxygen atoms in total. The fraction of sp³-hybridized carbons (Fsp3) is 0.583. The first kappa shape index (κ1) is 14.5. The van der Waals surface area contributed by atoms with Gasteiger partial charge in [-0.05, 0) is 31.7 Å². The molecule has 0 saturated heterocycles. The van der Waals surface area contributed by atoms with Crippen molar-refractivity contribution in [3.05, 3.63) is 15.8 Å². The molecule has 2 rings (SSSR count). The van der Waals surface area contributed by atoms with Crippen molar-refractivity contribution in [2.45, 2.75) is 37.5 Å². The van der Waals surface area contributed by atoms with Crippen LogP contribution in [-0.4, -0.2) is 20.9 Å². The van der Waals surface area contributed by atoms with Crippen LogP contribution in [0.3, 0.4) is 0 Å². The number of hydrogen-bond donors (Lipinski definition) is 2. The third-order valence-electron chi connectivity index (χ3n) is 3.17. The van der Waals surface area contributed by atoms with Crippen molar-refractivity contribution in [3.8, 4) is 0 Å². The van der Waals surface area contributed by atoms with Gasteiger partial charge in [-0.3, -0.25) is 4.79 Å². The van der Waals surface area contributed by atoms with Crippen molar-refractivity contribution in [3.63, 3.8) is 0 Å². The summed E-state index contributed by atoms with van der Waals surface area (Å²) in [4.78, 5) is 12.8. The maximum absolute atomic E-state index is 11.9. The third kappa shape index (κ3) is 4.02. The Hall–Kier alpha value is -0.920. The van der Waals surface area contributed by atoms with Crippen LogP contribution in [0.2, 0.25) is 0 Å². The highest BCUT2D eigenvalue weighted by molar-refractivity contribution is 7.89. The maximum Gasteiger partial charge on any atom is 0.261 e. The summed E-state index contributed by atoms with van der Waals surface area (Å²) >= 11 is 1.15. The Kier molecular flexibility index (Phi) is 4.27. The van der Waals surface area contributed by atoms with Gasteiger partial charge in [0.15, 0.2) is 0 Å². The number of primary sulfonamides is 1. The molecule has 0 unspecified atom stereocenters. The van der Waals surface area contributed by atoms with Gasteiger partial charge in [0.2, 0.25) is 10.0 Å². The Balaban J connectivity index is 1.91. The second-order valence-electron chi connectivity index (χ2n) is 4.92. The molecule has 1 fully saturated rings. The average Bonchev–Trinajstić information content (AvgIpc) is 3.04. The van der Waals surface area contributed by atoms with Crippen LogP contribution < -0.4 is 10.5 Å². The molecule has 0 radical (unpaired) electrons. The zero-order valence-corrected chi connectivity index (χ0v) is 12.4. The topological polar surface area (TPSA) is 89.3 Å². The van der Waals surface area contributed by atoms with E-state index >= 15 is 0 Å². The quantitative estimate of drug-likeness (QED) is 0.783. The van der Waals surface area contributed by atoms with Crippen LogP contribution in [-0.2, 0) is 10.0 Å². The second-order valence-corrected chi connectivity index (χ2v) is 7.70. The first-order valence-electron chi connectivity index (χ1n) is 6.29. The normalized spacial score (nSPS) is 15.5. The molecule has 1 aliphatic rings. The predicted molar refractivity (Wildman–Crippen MR) is 74.7 cm³/mol. The SMILES string of the molecule is Cc1sc(C(=O)NCCCC2CC2)cc1S(N)(=O)=O. The van der Waals surface area contributed by atoms with Crippen LogP contribution in [0.15, 0.2) is 11.0 Å². The van der Waals surface area contributed by atoms with Crippen LogP contribution in [0.5, 0.6) is 0 Å². The zero-order valence-electron chi connectivity index (χ0n) is 10.8. The van der Waals surface area contributed by atoms with E-state index in [0.717, 1.165) is 30.1 Å². The molecule has 19 heavy (non-hydrogen) atoms. The lowest BCUT2D eigenvalue weighted by Gasteiger charge is -2.02. The molecular weight excluding hydrogens is 284 g/mol. The molecule has 0 bridgehead atoms. The maximum atomic E-state index is 11.9. The summed E-state index contributed by atoms with van der Waals surface area (Å²) in [6.07, 6.45) is 4.76. The van der Waals surface area contributed by atoms with E-state index in [9.17, 15) is 13.2 Å². The molecule has 1 amide bonds. The molecule has 0 atom stereocenters. The molecule has 1 aromatic heterocycles. The molecule has 0 spiro atoms. The van der Waals surface area contributed by atoms with Gasteiger partial charge in [-0.2, -0.15) is 0 Å². The number of aryl methyl sites for hydroxylation is 1. The van der Waals surface area contributed by atoms with E-state index in [1.54, 1.807) is 6.92 Å². The number of sulfonamides is 1. The largest absolute Gasteiger partial charge is 0.351 e. The first-order valence-corrected chi connectivity index (χ1v) is 8.65. The van der Waals surface area contributed by atoms with Gasteiger partial charge in [0.25, 0.3) is 5.91 Å². The van der Waals surface area contributed by atoms with E-state index in [1.165, 1.54) is 18.9 Å². The minimum atomic E-state index is -3.74. The lowest BCUT2D eigenvalue weighted by Crippen LogP contribution is -2.23. The molecule has 3 N–H and O–H groups in total. The van der Waals surface area contributed by atoms with E-state index < -0.39 is 10.0 Å². The second kappa shape index (κ2) is 5.60. The van der Waals surface area contributed by atoms with Crippen LogP contribution in [0, 0.1) is 12.8 Å². The van der Waals surface area contributed by atoms with Crippen molar-refractivity contribution in [2.75, 3.05) is 6.54 Å². The van der Waals surface area contributed by atoms with Gasteiger partial charge >= 0.3 is 0 Å². The summed E-state index contributed by atoms with van der Waals surface area (Å²) in [5.74, 6) is 0.633. The Morgan fingerprint density at radius 2 is 2.21 bits per heavy atom. The van der Waals surface area contributed by atoms with E-state index in [0.29, 0.717) is 16.3 Å². The minimum Gasteiger partial charge on any atom is -0.351 e. The summed E-state index contributed by atoms with van der Waals surface area (Å²) in [5.41, 5.74) is 0. The number of amides is 1. The molecule has 1 saturated carbocycles. The third-order valence-corrected chi connectivity index (χ3v) is 5.39. The number of nitrogens with two attached hydrogens (primary N) is 1. The van der Waals surface area contributed by atoms with Crippen LogP contribution >= 0.6 is 11.3 Å². The van der Waals surface area contributed by atoms with Crippen molar-refractivity contribution in [2.24, 2.45) is 11.1 Å². The van der Waals surface area contributed by atoms with Gasteiger partial charge in [-0.25, -0.2) is 13.6 Å². The Morgan fingerprint density at radius 3 is 2.74 bits per heavy atom. The summed E-state index contributed by atoms with van der Waals surface area (Å²) in [6.45, 7) is 2.28. The molecule has 1 heterocycles. The van der Waals surface area contributed by atoms with Crippen LogP contribution in [0.25, 0.3) is 0 Å². The lowest BCUT2D eigenvalue weighted by molar-refractivity contribution is 0.0956. The number of carbonyl (C=O) groups excluding carboxylic acids is 1. The molecular formula is C12H18N2O3S2. The number of hydrogen-bond acceptors (Lipinski definition) is 4. The number of nitrogens with one attached hydrogen (secondary N) is 1. The monoisotopic (exact) mass is 302 g/mol. The van der Waals surface area contributed by atoms with Crippen molar-refractivity contribution in [1.82, 2.24) is 5.32 Å². The molecule has 0 aromatic carbocycles. The van der Waals surface area contributed by atoms with E-state index in [4.69, 9.17) is 5.14 Å². The predicted octanol–water partition coefficient (Wildman–Crippen LogP) is 1.62. The smallest absolute Gasteiger partial charge is 0.261 e. The van der Waals surface area contributed by atoms with Crippen molar-refractivity contribution < 1.29 is 13.2 Å². The summed E-state index contributed by atoms with van der Waals surface area (Å²) in [5, 5.41) is 7.89. The highest BCUT2D eigenvalue weighted by atomic mass is 32.2. The minimum absolute atomic E-state index is 0.0423. The number of carbonyl (C=O) groups is 1. The van der Waals surface area contributed by atoms with Gasteiger partial charge in [0, 0.05) is 11.4 Å². The standard InChI is InChI=1S/C12H18N2O3S2/c1-8-11(19(13,16)17)7-10(18-8)12(15)14-6-2-3-9-4-5-9/h7,9H,2-6H2,1H3,(H,14,15)(H2,13,16,17). The van der Waals surface area contributed by atoms with Gasteiger partial charge in [0.05, 0.1) is 9.77 Å². The van der Waals surface area contributed by atoms with Gasteiger partial charge in [-0.15, -0.1) is 11.3 Å². The summed E-state index contributed by atoms with van der Waals surface area (Å²) < 4.78 is 22.6. The first-order chi connectivity index (χ1) is 8.88. The fourth-order valence-corrected chi connectivity index (χ4v) is 4.01. The Bertz CT molecular complexity index is 574. The summed E-state index contributed by atoms with van der Waals surface area (Å²) in [7, 11) is -3.74. The number of thiophene rings is 1. The van der Waals surface area contributed by atoms with Crippen LogP contribution in [0.1, 0.15) is 40.2 Å². The van der Waals surface area contributed by atoms with Gasteiger partial charge < -0.3 is 5.32 Å². The highest BCUT2D eigenvalue weighted by Crippen LogP contribution is 2.33. The molecule has 106 valence electrons. The average molecular weight is 302 g/mol. The van der Waals surface area contributed by atoms with Crippen molar-refractivity contribution in [1.29, 1.82) is 0 Å². The Labute approximate surface area is 117 Å². The molecule has 0 aliphatic heterocycles. The Morgan fingerprint density at radius 1 is 1.53 bits per heavy atom. The van der Waals surface area contributed by atoms with E-state index in [2.05, 4.69) is 5.32 Å². The molecule has 7 heteroatoms. The summed E-state index contributed by atoms with van der Waals surface area (Å²) in [6, 6.07) is 1.35. The van der Waals surface area contributed by atoms with Gasteiger partial charge in [-0.1, -0.05) is 12.8 Å². The van der Waals surface area contributed by atoms with E-state index in [-0.39, 0.29) is 10.8 Å². The lowest BCUT2D eigenvalue weighted by atomic mass is 10.2. The van der Waals surface area contributed by atoms with Gasteiger partial charge in [0.1, 0.15) is 0 Å². The van der Waals surface area contributed by atoms with E-state index in [1.807, 2.05) is 0 Å². The molecule has 1 aromatic rings. The van der Waals surface area contributed by atoms with Crippen LogP contribution in [0.4, 0.5) is 0 Å². The molecule has 1 aliphatic carbocycles. The zero-order chi connectivity index (χ0) is 14.0. The van der Waals surface area contributed by atoms with Crippen molar-refractivity contribution >= 4 is 27.3 Å². The fourth-order valence-electron chi connectivity index (χ4n) is 1.95.